The Kier molecular flexibility index (Phi) is 49.8. The number of aryl methyl sites for hydroxylation is 2. The van der Waals surface area contributed by atoms with Gasteiger partial charge in [0.25, 0.3) is 11.8 Å². The van der Waals surface area contributed by atoms with E-state index in [0.29, 0.717) is 48.1 Å². The summed E-state index contributed by atoms with van der Waals surface area (Å²) in [4.78, 5) is 175. The highest BCUT2D eigenvalue weighted by molar-refractivity contribution is 7.99. The van der Waals surface area contributed by atoms with Crippen molar-refractivity contribution in [2.45, 2.75) is 206 Å². The van der Waals surface area contributed by atoms with Gasteiger partial charge in [0.05, 0.1) is 83.3 Å². The SMILES string of the molecule is C/C=C(/C)[C@@H]1OC(=O)[C@H](C)NC(=O)[C@@H](C(C)CC)NC(=O)CN(C)C(=O)[C@H](Cc2ccccc2)N(C)C(=O)[C@@H](C)NC(=O)[C@H](CC(C)C)OC(=O)/C(C)=C\C[C@H](OC(=O)NCCCCCOP(=O)(O)OP(=O)(O)OCCCCCNC(=O)CCOCCOCCOCCOCCNC(=O)c2ccc(C(=O)C(CSc3ccc(C)cc3)CS(=O)(=O)c3ccc(C)cc3)cc2)[C@H]1C. The van der Waals surface area contributed by atoms with Gasteiger partial charge in [-0.25, -0.2) is 31.9 Å². The number of carbonyl (C=O) groups is 11. The Balaban J connectivity index is 0.973. The van der Waals surface area contributed by atoms with Gasteiger partial charge < -0.3 is 84.6 Å². The molecular weight excluding hydrogens is 1760 g/mol. The number of esters is 2. The number of phosphoric ester groups is 2. The molecule has 0 fully saturated rings. The van der Waals surface area contributed by atoms with Crippen molar-refractivity contribution in [3.8, 4) is 0 Å². The number of phosphoric acid groups is 2. The number of hydrogen-bond acceptors (Lipinski definition) is 26. The largest absolute Gasteiger partial charge is 0.481 e. The van der Waals surface area contributed by atoms with Gasteiger partial charge in [-0.3, -0.25) is 47.4 Å². The van der Waals surface area contributed by atoms with E-state index in [9.17, 15) is 80.1 Å². The van der Waals surface area contributed by atoms with E-state index in [1.54, 1.807) is 109 Å². The van der Waals surface area contributed by atoms with E-state index in [1.165, 1.54) is 81.9 Å². The van der Waals surface area contributed by atoms with Crippen molar-refractivity contribution in [3.05, 3.63) is 154 Å². The van der Waals surface area contributed by atoms with Crippen molar-refractivity contribution < 1.29 is 127 Å². The van der Waals surface area contributed by atoms with E-state index in [0.717, 1.165) is 20.9 Å². The van der Waals surface area contributed by atoms with Crippen molar-refractivity contribution in [2.75, 3.05) is 118 Å². The molecule has 0 aliphatic carbocycles. The first kappa shape index (κ1) is 111. The van der Waals surface area contributed by atoms with Crippen molar-refractivity contribution in [1.82, 2.24) is 41.7 Å². The molecule has 8 amide bonds. The van der Waals surface area contributed by atoms with Crippen LogP contribution in [-0.2, 0) is 110 Å². The molecule has 0 saturated carbocycles. The summed E-state index contributed by atoms with van der Waals surface area (Å²) in [5, 5.41) is 16.2. The molecule has 5 rings (SSSR count). The summed E-state index contributed by atoms with van der Waals surface area (Å²) in [7, 11) is -11.2. The molecular formula is C91H134N8O27P2S2. The average molecular weight is 1900 g/mol. The van der Waals surface area contributed by atoms with Gasteiger partial charge in [0.2, 0.25) is 29.5 Å². The molecule has 0 saturated heterocycles. The first-order valence-corrected chi connectivity index (χ1v) is 49.5. The van der Waals surface area contributed by atoms with Crippen LogP contribution in [0.4, 0.5) is 4.79 Å². The molecule has 1 aliphatic heterocycles. The van der Waals surface area contributed by atoms with Crippen LogP contribution in [-0.4, -0.2) is 253 Å². The molecule has 39 heteroatoms. The molecule has 0 bridgehead atoms. The minimum Gasteiger partial charge on any atom is -0.456 e. The number of sulfone groups is 1. The molecule has 4 unspecified atom stereocenters. The number of nitrogens with zero attached hydrogens (tertiary/aromatic N) is 2. The molecule has 12 atom stereocenters. The van der Waals surface area contributed by atoms with Crippen molar-refractivity contribution in [3.63, 3.8) is 0 Å². The Morgan fingerprint density at radius 3 is 1.78 bits per heavy atom. The standard InChI is InChI=1S/C91H134N8O27P2S2/c1-15-64(7)81-86(105)96-69(12)90(109)125-83(65(8)16-2)67(10)77(41-32-66(9)89(108)123-78(56-61(3)4)85(104)95-68(11)87(106)99(14)76(57-70-26-20-17-21-27-70)88(107)98(13)58-80(101)97-81)124-91(110)94-44-23-19-25-47-122-128(113,114)126-127(111,112)121-46-24-18-22-43-92-79(100)42-48-117-50-52-119-54-55-120-53-51-118-49-45-93-84(103)72-35-33-71(34-36-72)82(102)73(59-129-74-37-28-62(5)29-38-74)60-130(115,116)75-39-30-63(6)31-40-75/h16-17,20-21,26-40,61,64,67-69,73,76-78,81,83H,15,18-19,22-25,41-60H2,1-14H3,(H,92,100)(H,93,103)(H,94,110)(H,95,104)(H,96,105)(H,97,101)(H,111,112)(H,113,114)/b65-16-,66-32-/t64?,67-,68-,69+,73?,76+,77+,78+,81-,83+/m1/s1. The molecule has 4 aromatic carbocycles. The van der Waals surface area contributed by atoms with Crippen LogP contribution in [0.3, 0.4) is 0 Å². The fourth-order valence-corrected chi connectivity index (χ4v) is 18.0. The molecule has 0 aromatic heterocycles. The number of unbranched alkanes of at least 4 members (excludes halogenated alkanes) is 4. The molecule has 4 aromatic rings. The Labute approximate surface area is 768 Å². The number of amides is 8. The number of thioether (sulfide) groups is 1. The summed E-state index contributed by atoms with van der Waals surface area (Å²) in [6, 6.07) is 24.4. The Hall–Kier alpha value is -9.07. The quantitative estimate of drug-likeness (QED) is 0.00387. The zero-order valence-electron chi connectivity index (χ0n) is 77.1. The minimum atomic E-state index is -5.12. The van der Waals surface area contributed by atoms with E-state index in [4.69, 9.17) is 42.2 Å². The second kappa shape index (κ2) is 58.1. The van der Waals surface area contributed by atoms with Crippen LogP contribution in [0.5, 0.6) is 0 Å². The summed E-state index contributed by atoms with van der Waals surface area (Å²) >= 11 is 1.41. The predicted octanol–water partition coefficient (Wildman–Crippen LogP) is 10.2. The molecule has 8 N–H and O–H groups in total. The van der Waals surface area contributed by atoms with E-state index >= 15 is 0 Å². The fourth-order valence-electron chi connectivity index (χ4n) is 13.1. The number of benzene rings is 4. The maximum absolute atomic E-state index is 14.4. The topological polar surface area (TPSA) is 467 Å². The highest BCUT2D eigenvalue weighted by atomic mass is 32.2. The number of ether oxygens (including phenoxy) is 7. The number of allylic oxidation sites excluding steroid dienone is 1. The third kappa shape index (κ3) is 41.4. The van der Waals surface area contributed by atoms with Crippen LogP contribution in [0.25, 0.3) is 0 Å². The number of nitrogens with one attached hydrogen (secondary N) is 6. The number of hydrogen-bond donors (Lipinski definition) is 8. The predicted molar refractivity (Wildman–Crippen MR) is 488 cm³/mol. The van der Waals surface area contributed by atoms with Gasteiger partial charge in [-0.15, -0.1) is 11.8 Å². The van der Waals surface area contributed by atoms with Gasteiger partial charge in [0.1, 0.15) is 36.4 Å². The minimum absolute atomic E-state index is 0.00179. The lowest BCUT2D eigenvalue weighted by molar-refractivity contribution is -0.155. The van der Waals surface area contributed by atoms with Crippen LogP contribution in [0.15, 0.2) is 136 Å². The van der Waals surface area contributed by atoms with E-state index < -0.39 is 146 Å². The van der Waals surface area contributed by atoms with E-state index in [1.807, 2.05) is 38.1 Å². The average Bonchev–Trinajstić information content (AvgIpc) is 0.813. The second-order valence-corrected chi connectivity index (χ2v) is 38.6. The first-order chi connectivity index (χ1) is 61.6. The van der Waals surface area contributed by atoms with Crippen LogP contribution >= 0.6 is 27.4 Å². The van der Waals surface area contributed by atoms with Gasteiger partial charge in [-0.2, -0.15) is 4.31 Å². The third-order valence-corrected chi connectivity index (χ3v) is 26.9. The highest BCUT2D eigenvalue weighted by Gasteiger charge is 2.40. The monoisotopic (exact) mass is 1900 g/mol. The van der Waals surface area contributed by atoms with E-state index in [-0.39, 0.29) is 169 Å². The van der Waals surface area contributed by atoms with Crippen LogP contribution in [0.2, 0.25) is 0 Å². The zero-order valence-corrected chi connectivity index (χ0v) is 80.5. The number of alkyl carbamates (subject to hydrolysis) is 1. The fraction of sp³-hybridized carbons (Fsp3) is 0.571. The second-order valence-electron chi connectivity index (χ2n) is 32.5. The Morgan fingerprint density at radius 1 is 0.646 bits per heavy atom. The molecule has 0 spiro atoms. The smallest absolute Gasteiger partial charge is 0.456 e. The van der Waals surface area contributed by atoms with Crippen LogP contribution in [0.1, 0.15) is 171 Å². The molecule has 0 radical (unpaired) electrons. The third-order valence-electron chi connectivity index (χ3n) is 21.2. The summed E-state index contributed by atoms with van der Waals surface area (Å²) in [5.41, 5.74) is 3.80. The number of Topliss-reactive ketones (excluding diaryl/α,β-unsaturated/α-hetero) is 1. The van der Waals surface area contributed by atoms with Crippen LogP contribution < -0.4 is 31.9 Å². The number of rotatable bonds is 48. The molecule has 722 valence electrons. The Bertz CT molecular complexity index is 4570. The lowest BCUT2D eigenvalue weighted by Crippen LogP contribution is -2.57. The summed E-state index contributed by atoms with van der Waals surface area (Å²) in [6.45, 7) is 21.4. The number of carbonyl (C=O) groups excluding carboxylic acids is 11. The zero-order chi connectivity index (χ0) is 96.1. The summed E-state index contributed by atoms with van der Waals surface area (Å²) in [5.74, 6) is -8.89. The number of ketones is 1. The first-order valence-electron chi connectivity index (χ1n) is 43.9. The summed E-state index contributed by atoms with van der Waals surface area (Å²) < 4.78 is 107. The van der Waals surface area contributed by atoms with Gasteiger partial charge in [0.15, 0.2) is 21.7 Å². The maximum Gasteiger partial charge on any atom is 0.481 e. The normalized spacial score (nSPS) is 20.7. The molecule has 35 nitrogen and oxygen atoms in total. The van der Waals surface area contributed by atoms with E-state index in [2.05, 4.69) is 36.2 Å². The molecule has 1 aliphatic rings. The lowest BCUT2D eigenvalue weighted by Gasteiger charge is -2.33. The molecule has 1 heterocycles. The molecule has 130 heavy (non-hydrogen) atoms. The van der Waals surface area contributed by atoms with Gasteiger partial charge in [-0.05, 0) is 153 Å². The number of cyclic esters (lactones) is 2. The lowest BCUT2D eigenvalue weighted by atomic mass is 9.90. The van der Waals surface area contributed by atoms with Crippen molar-refractivity contribution in [2.24, 2.45) is 23.7 Å². The van der Waals surface area contributed by atoms with Crippen molar-refractivity contribution >= 4 is 102 Å². The van der Waals surface area contributed by atoms with Gasteiger partial charge in [0, 0.05) is 92.2 Å². The van der Waals surface area contributed by atoms with Gasteiger partial charge in [-0.1, -0.05) is 131 Å². The van der Waals surface area contributed by atoms with Crippen molar-refractivity contribution in [1.29, 1.82) is 0 Å². The van der Waals surface area contributed by atoms with Gasteiger partial charge >= 0.3 is 33.7 Å². The highest BCUT2D eigenvalue weighted by Crippen LogP contribution is 2.60. The summed E-state index contributed by atoms with van der Waals surface area (Å²) in [6.07, 6.45) is 0.638. The number of likely N-dealkylation sites (N-methyl/N-ethyl adjacent to an activating group) is 2. The Morgan fingerprint density at radius 2 is 1.20 bits per heavy atom. The maximum atomic E-state index is 14.4. The van der Waals surface area contributed by atoms with Crippen LogP contribution in [0, 0.1) is 37.5 Å².